The third kappa shape index (κ3) is 14.7. The Hall–Kier alpha value is -2.94. The van der Waals surface area contributed by atoms with E-state index in [4.69, 9.17) is 10.5 Å². The van der Waals surface area contributed by atoms with Crippen LogP contribution < -0.4 is 32.3 Å². The molecule has 0 fully saturated rings. The molecule has 3 amide bonds. The van der Waals surface area contributed by atoms with E-state index in [-0.39, 0.29) is 48.1 Å². The maximum atomic E-state index is 13.1. The largest absolute Gasteiger partial charge is 0.376 e. The van der Waals surface area contributed by atoms with Gasteiger partial charge >= 0.3 is 0 Å². The molecule has 0 saturated heterocycles. The monoisotopic (exact) mass is 623 g/mol. The van der Waals surface area contributed by atoms with Crippen LogP contribution in [0.3, 0.4) is 0 Å². The summed E-state index contributed by atoms with van der Waals surface area (Å²) in [6, 6.07) is -2.19. The van der Waals surface area contributed by atoms with Crippen LogP contribution in [0.5, 0.6) is 0 Å². The minimum absolute atomic E-state index is 0.0878. The van der Waals surface area contributed by atoms with Crippen molar-refractivity contribution in [2.24, 2.45) is 11.7 Å². The number of Topliss-reactive ketones (excluding diaryl/α,β-unsaturated/α-hetero) is 1. The Bertz CT molecular complexity index is 1050. The van der Waals surface area contributed by atoms with Crippen molar-refractivity contribution in [2.45, 2.75) is 123 Å². The lowest BCUT2D eigenvalue weighted by molar-refractivity contribution is -0.133. The molecule has 44 heavy (non-hydrogen) atoms. The van der Waals surface area contributed by atoms with Crippen molar-refractivity contribution < 1.29 is 23.9 Å². The van der Waals surface area contributed by atoms with Gasteiger partial charge in [-0.25, -0.2) is 4.68 Å². The highest BCUT2D eigenvalue weighted by Crippen LogP contribution is 2.20. The fourth-order valence-electron chi connectivity index (χ4n) is 4.32. The number of aromatic nitrogens is 3. The summed E-state index contributed by atoms with van der Waals surface area (Å²) in [6.07, 6.45) is 3.99. The van der Waals surface area contributed by atoms with Gasteiger partial charge in [-0.1, -0.05) is 19.1 Å². The molecule has 7 N–H and O–H groups in total. The fourth-order valence-corrected chi connectivity index (χ4v) is 4.32. The van der Waals surface area contributed by atoms with E-state index in [1.807, 2.05) is 40.8 Å². The van der Waals surface area contributed by atoms with Crippen LogP contribution in [0.25, 0.3) is 0 Å². The lowest BCUT2D eigenvalue weighted by Gasteiger charge is -2.27. The number of likely N-dealkylation sites (N-methyl/N-ethyl adjacent to an activating group) is 1. The zero-order valence-corrected chi connectivity index (χ0v) is 28.2. The topological polar surface area (TPSA) is 194 Å². The summed E-state index contributed by atoms with van der Waals surface area (Å²) >= 11 is 0. The number of hydrogen-bond acceptors (Lipinski definition) is 10. The van der Waals surface area contributed by atoms with Gasteiger partial charge in [0.15, 0.2) is 5.78 Å². The fraction of sp³-hybridized carbons (Fsp3) is 0.800. The Labute approximate surface area is 262 Å². The number of carbonyl (C=O) groups excluding carboxylic acids is 4. The van der Waals surface area contributed by atoms with Crippen LogP contribution in [0.4, 0.5) is 0 Å². The molecule has 0 aliphatic carbocycles. The van der Waals surface area contributed by atoms with Crippen molar-refractivity contribution in [3.63, 3.8) is 0 Å². The van der Waals surface area contributed by atoms with Gasteiger partial charge in [-0.2, -0.15) is 0 Å². The Morgan fingerprint density at radius 3 is 2.27 bits per heavy atom. The van der Waals surface area contributed by atoms with Crippen LogP contribution in [0, 0.1) is 5.92 Å². The first-order valence-electron chi connectivity index (χ1n) is 15.5. The number of amides is 3. The minimum Gasteiger partial charge on any atom is -0.376 e. The van der Waals surface area contributed by atoms with Gasteiger partial charge in [-0.15, -0.1) is 5.10 Å². The zero-order valence-electron chi connectivity index (χ0n) is 28.2. The number of rotatable bonds is 21. The van der Waals surface area contributed by atoms with Gasteiger partial charge in [-0.05, 0) is 86.7 Å². The van der Waals surface area contributed by atoms with Gasteiger partial charge < -0.3 is 37.1 Å². The molecule has 1 aromatic heterocycles. The second-order valence-corrected chi connectivity index (χ2v) is 13.1. The average Bonchev–Trinajstić information content (AvgIpc) is 3.41. The van der Waals surface area contributed by atoms with Gasteiger partial charge in [0.25, 0.3) is 0 Å². The molecule has 3 unspecified atom stereocenters. The first kappa shape index (κ1) is 39.1. The molecule has 0 aliphatic heterocycles. The molecule has 0 bridgehead atoms. The van der Waals surface area contributed by atoms with E-state index in [0.29, 0.717) is 38.4 Å². The van der Waals surface area contributed by atoms with E-state index in [9.17, 15) is 19.2 Å². The molecule has 14 heteroatoms. The molecule has 0 aliphatic rings. The highest BCUT2D eigenvalue weighted by molar-refractivity contribution is 5.93. The van der Waals surface area contributed by atoms with Crippen LogP contribution in [-0.2, 0) is 36.0 Å². The minimum atomic E-state index is -0.844. The van der Waals surface area contributed by atoms with E-state index in [2.05, 4.69) is 50.7 Å². The lowest BCUT2D eigenvalue weighted by Crippen LogP contribution is -2.56. The number of hydrogen-bond donors (Lipinski definition) is 6. The van der Waals surface area contributed by atoms with E-state index in [1.165, 1.54) is 6.92 Å². The smallest absolute Gasteiger partial charge is 0.243 e. The summed E-state index contributed by atoms with van der Waals surface area (Å²) in [5.41, 5.74) is 5.52. The molecule has 1 heterocycles. The van der Waals surface area contributed by atoms with E-state index in [0.717, 1.165) is 6.42 Å². The molecular weight excluding hydrogens is 566 g/mol. The predicted molar refractivity (Wildman–Crippen MR) is 169 cm³/mol. The molecule has 1 rings (SSSR count). The maximum Gasteiger partial charge on any atom is 0.243 e. The van der Waals surface area contributed by atoms with Gasteiger partial charge in [0, 0.05) is 19.7 Å². The van der Waals surface area contributed by atoms with Crippen LogP contribution in [-0.4, -0.2) is 89.1 Å². The second kappa shape index (κ2) is 18.8. The quantitative estimate of drug-likeness (QED) is 0.0838. The van der Waals surface area contributed by atoms with Crippen LogP contribution in [0.15, 0.2) is 6.20 Å². The second-order valence-electron chi connectivity index (χ2n) is 13.1. The summed E-state index contributed by atoms with van der Waals surface area (Å²) in [5.74, 6) is -1.45. The standard InChI is InChI=1S/C30H57N9O5/c1-20(2)26(28(43)35-23(21(3)40)11-10-15-33-19-31)36-27(42)24(32-9)12-13-25(41)34-17-22-18-39(38-37-22)30(7,8)14-16-44-29(4,5)6/h18,20,23-24,26,32-33H,10-17,19,31H2,1-9H3,(H,34,41)(H,35,43)(H,36,42). The summed E-state index contributed by atoms with van der Waals surface area (Å²) in [7, 11) is 1.63. The number of nitrogens with zero attached hydrogens (tertiary/aromatic N) is 3. The Morgan fingerprint density at radius 1 is 1.02 bits per heavy atom. The molecular formula is C30H57N9O5. The van der Waals surface area contributed by atoms with Crippen molar-refractivity contribution in [3.05, 3.63) is 11.9 Å². The summed E-state index contributed by atoms with van der Waals surface area (Å²) in [5, 5.41) is 22.7. The van der Waals surface area contributed by atoms with Gasteiger partial charge in [0.2, 0.25) is 17.7 Å². The van der Waals surface area contributed by atoms with E-state index < -0.39 is 29.9 Å². The SMILES string of the molecule is CNC(CCC(=O)NCc1cn(C(C)(C)CCOC(C)(C)C)nn1)C(=O)NC(C(=O)NC(CCCNCN)C(C)=O)C(C)C. The highest BCUT2D eigenvalue weighted by atomic mass is 16.5. The zero-order chi connectivity index (χ0) is 33.5. The molecule has 3 atom stereocenters. The Kier molecular flexibility index (Phi) is 16.7. The molecule has 0 spiro atoms. The average molecular weight is 624 g/mol. The van der Waals surface area contributed by atoms with Crippen LogP contribution in [0.1, 0.15) is 93.2 Å². The maximum absolute atomic E-state index is 13.1. The molecule has 0 aromatic carbocycles. The molecule has 1 aromatic rings. The van der Waals surface area contributed by atoms with Crippen LogP contribution in [0.2, 0.25) is 0 Å². The highest BCUT2D eigenvalue weighted by Gasteiger charge is 2.30. The third-order valence-electron chi connectivity index (χ3n) is 7.25. The van der Waals surface area contributed by atoms with Crippen molar-refractivity contribution in [3.8, 4) is 0 Å². The van der Waals surface area contributed by atoms with Gasteiger partial charge in [0.05, 0.1) is 36.0 Å². The normalized spacial score (nSPS) is 14.2. The summed E-state index contributed by atoms with van der Waals surface area (Å²) in [6.45, 7) is 17.0. The molecule has 0 saturated carbocycles. The number of carbonyl (C=O) groups is 4. The van der Waals surface area contributed by atoms with Gasteiger partial charge in [-0.3, -0.25) is 19.2 Å². The number of ether oxygens (including phenoxy) is 1. The van der Waals surface area contributed by atoms with Crippen molar-refractivity contribution in [1.29, 1.82) is 0 Å². The number of nitrogens with two attached hydrogens (primary N) is 1. The summed E-state index contributed by atoms with van der Waals surface area (Å²) in [4.78, 5) is 50.8. The van der Waals surface area contributed by atoms with Gasteiger partial charge in [0.1, 0.15) is 11.7 Å². The van der Waals surface area contributed by atoms with Crippen molar-refractivity contribution in [2.75, 3.05) is 26.9 Å². The molecule has 0 radical (unpaired) electrons. The molecule has 14 nitrogen and oxygen atoms in total. The predicted octanol–water partition coefficient (Wildman–Crippen LogP) is 0.703. The lowest BCUT2D eigenvalue weighted by atomic mass is 10.0. The van der Waals surface area contributed by atoms with Crippen molar-refractivity contribution in [1.82, 2.24) is 41.6 Å². The molecule has 252 valence electrons. The van der Waals surface area contributed by atoms with Crippen molar-refractivity contribution >= 4 is 23.5 Å². The van der Waals surface area contributed by atoms with E-state index >= 15 is 0 Å². The first-order valence-corrected chi connectivity index (χ1v) is 15.5. The van der Waals surface area contributed by atoms with Crippen LogP contribution >= 0.6 is 0 Å². The third-order valence-corrected chi connectivity index (χ3v) is 7.25. The summed E-state index contributed by atoms with van der Waals surface area (Å²) < 4.78 is 7.62. The Balaban J connectivity index is 2.63. The number of ketones is 1. The Morgan fingerprint density at radius 2 is 1.70 bits per heavy atom. The number of nitrogens with one attached hydrogen (secondary N) is 5. The first-order chi connectivity index (χ1) is 20.5. The van der Waals surface area contributed by atoms with E-state index in [1.54, 1.807) is 11.7 Å².